The van der Waals surface area contributed by atoms with E-state index in [1.165, 1.54) is 34.9 Å². The quantitative estimate of drug-likeness (QED) is 0.691. The van der Waals surface area contributed by atoms with Gasteiger partial charge in [0.15, 0.2) is 0 Å². The maximum atomic E-state index is 3.82. The molecule has 0 heterocycles. The van der Waals surface area contributed by atoms with Crippen molar-refractivity contribution in [3.63, 3.8) is 0 Å². The van der Waals surface area contributed by atoms with E-state index in [0.29, 0.717) is 0 Å². The third-order valence-corrected chi connectivity index (χ3v) is 3.44. The van der Waals surface area contributed by atoms with Crippen LogP contribution in [0.5, 0.6) is 0 Å². The molecule has 19 heavy (non-hydrogen) atoms. The lowest BCUT2D eigenvalue weighted by atomic mass is 10.1. The van der Waals surface area contributed by atoms with Crippen molar-refractivity contribution >= 4 is 22.5 Å². The van der Waals surface area contributed by atoms with Crippen LogP contribution >= 0.6 is 0 Å². The molecule has 0 spiro atoms. The summed E-state index contributed by atoms with van der Waals surface area (Å²) in [4.78, 5) is 2.47. The topological polar surface area (TPSA) is 3.24 Å². The van der Waals surface area contributed by atoms with Crippen molar-refractivity contribution in [2.45, 2.75) is 26.7 Å². The predicted octanol–water partition coefficient (Wildman–Crippen LogP) is 5.11. The van der Waals surface area contributed by atoms with Crippen LogP contribution in [-0.2, 0) is 0 Å². The van der Waals surface area contributed by atoms with E-state index >= 15 is 0 Å². The minimum Gasteiger partial charge on any atom is -0.372 e. The van der Waals surface area contributed by atoms with Gasteiger partial charge in [0.05, 0.1) is 0 Å². The molecule has 100 valence electrons. The lowest BCUT2D eigenvalue weighted by Gasteiger charge is -2.24. The highest BCUT2D eigenvalue weighted by Gasteiger charge is 2.05. The molecule has 0 N–H and O–H groups in total. The lowest BCUT2D eigenvalue weighted by Crippen LogP contribution is -2.24. The molecule has 0 aliphatic heterocycles. The van der Waals surface area contributed by atoms with E-state index in [2.05, 4.69) is 61.7 Å². The number of benzene rings is 2. The van der Waals surface area contributed by atoms with Crippen LogP contribution in [0.2, 0.25) is 0 Å². The largest absolute Gasteiger partial charge is 0.372 e. The first kappa shape index (κ1) is 13.7. The summed E-state index contributed by atoms with van der Waals surface area (Å²) in [5.41, 5.74) is 2.52. The monoisotopic (exact) mass is 253 g/mol. The van der Waals surface area contributed by atoms with Gasteiger partial charge in [-0.05, 0) is 47.4 Å². The molecule has 2 rings (SSSR count). The molecule has 1 nitrogen and oxygen atoms in total. The molecule has 2 aromatic rings. The van der Waals surface area contributed by atoms with Crippen molar-refractivity contribution in [3.8, 4) is 0 Å². The van der Waals surface area contributed by atoms with Gasteiger partial charge >= 0.3 is 0 Å². The van der Waals surface area contributed by atoms with Gasteiger partial charge in [0.1, 0.15) is 0 Å². The molecule has 0 radical (unpaired) electrons. The zero-order valence-electron chi connectivity index (χ0n) is 12.0. The lowest BCUT2D eigenvalue weighted by molar-refractivity contribution is 0.745. The van der Waals surface area contributed by atoms with Crippen molar-refractivity contribution in [2.24, 2.45) is 0 Å². The van der Waals surface area contributed by atoms with E-state index in [-0.39, 0.29) is 0 Å². The normalized spacial score (nSPS) is 10.6. The van der Waals surface area contributed by atoms with Gasteiger partial charge in [-0.2, -0.15) is 0 Å². The number of rotatable bonds is 6. The fraction of sp³-hybridized carbons (Fsp3) is 0.333. The van der Waals surface area contributed by atoms with E-state index in [9.17, 15) is 0 Å². The Labute approximate surface area is 116 Å². The second-order valence-electron chi connectivity index (χ2n) is 4.98. The maximum absolute atomic E-state index is 3.82. The molecular formula is C18H23N. The first-order chi connectivity index (χ1) is 9.28. The van der Waals surface area contributed by atoms with Gasteiger partial charge in [0, 0.05) is 18.8 Å². The molecule has 0 fully saturated rings. The highest BCUT2D eigenvalue weighted by molar-refractivity contribution is 5.87. The smallest absolute Gasteiger partial charge is 0.0372 e. The Hall–Kier alpha value is -1.76. The Morgan fingerprint density at radius 2 is 1.58 bits per heavy atom. The molecule has 2 aromatic carbocycles. The maximum Gasteiger partial charge on any atom is 0.0372 e. The van der Waals surface area contributed by atoms with Gasteiger partial charge in [0.2, 0.25) is 0 Å². The number of fused-ring (bicyclic) bond motifs is 1. The first-order valence-electron chi connectivity index (χ1n) is 7.19. The molecule has 0 bridgehead atoms. The Bertz CT molecular complexity index is 551. The summed E-state index contributed by atoms with van der Waals surface area (Å²) in [6, 6.07) is 13.3. The van der Waals surface area contributed by atoms with E-state index < -0.39 is 0 Å². The second kappa shape index (κ2) is 6.42. The molecule has 0 unspecified atom stereocenters. The van der Waals surface area contributed by atoms with Crippen molar-refractivity contribution in [1.29, 1.82) is 0 Å². The minimum atomic E-state index is 1.13. The van der Waals surface area contributed by atoms with Crippen LogP contribution < -0.4 is 4.90 Å². The summed E-state index contributed by atoms with van der Waals surface area (Å²) in [5, 5.41) is 2.59. The van der Waals surface area contributed by atoms with E-state index in [1.807, 2.05) is 6.08 Å². The molecule has 0 saturated heterocycles. The summed E-state index contributed by atoms with van der Waals surface area (Å²) in [6.45, 7) is 10.6. The molecule has 0 aromatic heterocycles. The zero-order chi connectivity index (χ0) is 13.7. The molecule has 0 aliphatic carbocycles. The van der Waals surface area contributed by atoms with Crippen LogP contribution in [0.1, 0.15) is 32.3 Å². The highest BCUT2D eigenvalue weighted by Crippen LogP contribution is 2.24. The van der Waals surface area contributed by atoms with Crippen LogP contribution in [0, 0.1) is 0 Å². The van der Waals surface area contributed by atoms with Crippen LogP contribution in [0.4, 0.5) is 5.69 Å². The Balaban J connectivity index is 2.36. The Kier molecular flexibility index (Phi) is 4.62. The third kappa shape index (κ3) is 3.17. The standard InChI is InChI=1S/C18H23N/c1-4-11-19(12-5-2)18-10-9-16-13-15(6-3)7-8-17(16)14-18/h6-10,13-14H,3-5,11-12H2,1-2H3. The van der Waals surface area contributed by atoms with Crippen molar-refractivity contribution in [2.75, 3.05) is 18.0 Å². The number of hydrogen-bond donors (Lipinski definition) is 0. The van der Waals surface area contributed by atoms with Gasteiger partial charge in [-0.1, -0.05) is 44.7 Å². The molecule has 0 aliphatic rings. The van der Waals surface area contributed by atoms with E-state index in [0.717, 1.165) is 13.1 Å². The van der Waals surface area contributed by atoms with Crippen molar-refractivity contribution in [3.05, 3.63) is 48.5 Å². The fourth-order valence-corrected chi connectivity index (χ4v) is 2.49. The Morgan fingerprint density at radius 1 is 0.947 bits per heavy atom. The first-order valence-corrected chi connectivity index (χ1v) is 7.19. The van der Waals surface area contributed by atoms with Gasteiger partial charge in [-0.25, -0.2) is 0 Å². The summed E-state index contributed by atoms with van der Waals surface area (Å²) < 4.78 is 0. The second-order valence-corrected chi connectivity index (χ2v) is 4.98. The molecule has 0 amide bonds. The number of nitrogens with zero attached hydrogens (tertiary/aromatic N) is 1. The number of anilines is 1. The average molecular weight is 253 g/mol. The van der Waals surface area contributed by atoms with Gasteiger partial charge in [-0.15, -0.1) is 0 Å². The summed E-state index contributed by atoms with van der Waals surface area (Å²) in [6.07, 6.45) is 4.27. The fourth-order valence-electron chi connectivity index (χ4n) is 2.49. The van der Waals surface area contributed by atoms with Gasteiger partial charge in [-0.3, -0.25) is 0 Å². The molecule has 0 saturated carbocycles. The SMILES string of the molecule is C=Cc1ccc2cc(N(CCC)CCC)ccc2c1. The van der Waals surface area contributed by atoms with E-state index in [4.69, 9.17) is 0 Å². The van der Waals surface area contributed by atoms with Gasteiger partial charge < -0.3 is 4.90 Å². The van der Waals surface area contributed by atoms with Crippen LogP contribution in [0.3, 0.4) is 0 Å². The number of hydrogen-bond acceptors (Lipinski definition) is 1. The third-order valence-electron chi connectivity index (χ3n) is 3.44. The van der Waals surface area contributed by atoms with Crippen molar-refractivity contribution < 1.29 is 0 Å². The summed E-state index contributed by atoms with van der Waals surface area (Å²) in [7, 11) is 0. The van der Waals surface area contributed by atoms with Crippen LogP contribution in [0.25, 0.3) is 16.8 Å². The Morgan fingerprint density at radius 3 is 2.21 bits per heavy atom. The summed E-state index contributed by atoms with van der Waals surface area (Å²) >= 11 is 0. The highest BCUT2D eigenvalue weighted by atomic mass is 15.1. The minimum absolute atomic E-state index is 1.13. The summed E-state index contributed by atoms with van der Waals surface area (Å²) in [5.74, 6) is 0. The van der Waals surface area contributed by atoms with Crippen LogP contribution in [0.15, 0.2) is 43.0 Å². The average Bonchev–Trinajstić information content (AvgIpc) is 2.46. The molecule has 1 heteroatoms. The van der Waals surface area contributed by atoms with Crippen molar-refractivity contribution in [1.82, 2.24) is 0 Å². The van der Waals surface area contributed by atoms with E-state index in [1.54, 1.807) is 0 Å². The van der Waals surface area contributed by atoms with Crippen LogP contribution in [-0.4, -0.2) is 13.1 Å². The predicted molar refractivity (Wildman–Crippen MR) is 86.8 cm³/mol. The molecular weight excluding hydrogens is 230 g/mol. The zero-order valence-corrected chi connectivity index (χ0v) is 12.0. The molecule has 0 atom stereocenters. The van der Waals surface area contributed by atoms with Gasteiger partial charge in [0.25, 0.3) is 0 Å².